The van der Waals surface area contributed by atoms with Crippen molar-refractivity contribution in [1.29, 1.82) is 0 Å². The molecular weight excluding hydrogens is 352 g/mol. The van der Waals surface area contributed by atoms with Crippen LogP contribution in [0, 0.1) is 0 Å². The van der Waals surface area contributed by atoms with Crippen LogP contribution in [0.25, 0.3) is 0 Å². The number of methoxy groups -OCH3 is 1. The van der Waals surface area contributed by atoms with Gasteiger partial charge in [0.25, 0.3) is 5.91 Å². The Labute approximate surface area is 156 Å². The number of hydrogen-bond donors (Lipinski definition) is 1. The highest BCUT2D eigenvalue weighted by Gasteiger charge is 2.24. The van der Waals surface area contributed by atoms with Crippen molar-refractivity contribution in [1.82, 2.24) is 10.2 Å². The molecule has 8 heteroatoms. The van der Waals surface area contributed by atoms with E-state index in [-0.39, 0.29) is 10.8 Å². The second-order valence-electron chi connectivity index (χ2n) is 5.96. The van der Waals surface area contributed by atoms with E-state index >= 15 is 0 Å². The topological polar surface area (TPSA) is 83.4 Å². The predicted octanol–water partition coefficient (Wildman–Crippen LogP) is 1.89. The summed E-state index contributed by atoms with van der Waals surface area (Å²) < 4.78 is 4.50. The molecule has 26 heavy (non-hydrogen) atoms. The SMILES string of the molecule is COC(=O)/C=C1/S/C(=N\N=Cc2ccc(CN3CCCC3)cc2)NC1=O. The minimum absolute atomic E-state index is 0.233. The average molecular weight is 372 g/mol. The lowest BCUT2D eigenvalue weighted by atomic mass is 10.1. The van der Waals surface area contributed by atoms with Crippen molar-refractivity contribution in [3.8, 4) is 0 Å². The van der Waals surface area contributed by atoms with Crippen LogP contribution < -0.4 is 5.32 Å². The largest absolute Gasteiger partial charge is 0.466 e. The number of esters is 1. The summed E-state index contributed by atoms with van der Waals surface area (Å²) in [6, 6.07) is 8.18. The third kappa shape index (κ3) is 5.03. The van der Waals surface area contributed by atoms with Gasteiger partial charge in [-0.25, -0.2) is 4.79 Å². The lowest BCUT2D eigenvalue weighted by molar-refractivity contribution is -0.135. The van der Waals surface area contributed by atoms with E-state index in [4.69, 9.17) is 0 Å². The van der Waals surface area contributed by atoms with E-state index in [1.165, 1.54) is 38.6 Å². The molecule has 0 aliphatic carbocycles. The third-order valence-corrected chi connectivity index (χ3v) is 4.94. The minimum Gasteiger partial charge on any atom is -0.466 e. The van der Waals surface area contributed by atoms with E-state index in [9.17, 15) is 9.59 Å². The predicted molar refractivity (Wildman–Crippen MR) is 102 cm³/mol. The molecule has 2 aliphatic rings. The van der Waals surface area contributed by atoms with E-state index in [2.05, 4.69) is 37.3 Å². The molecule has 0 atom stereocenters. The maximum atomic E-state index is 11.7. The van der Waals surface area contributed by atoms with Crippen LogP contribution in [-0.2, 0) is 20.9 Å². The summed E-state index contributed by atoms with van der Waals surface area (Å²) in [6.07, 6.45) is 5.33. The average Bonchev–Trinajstić information content (AvgIpc) is 3.26. The Morgan fingerprint density at radius 3 is 2.73 bits per heavy atom. The Morgan fingerprint density at radius 2 is 2.04 bits per heavy atom. The molecule has 0 radical (unpaired) electrons. The fraction of sp³-hybridized carbons (Fsp3) is 0.333. The van der Waals surface area contributed by atoms with E-state index in [1.54, 1.807) is 6.21 Å². The Morgan fingerprint density at radius 1 is 1.31 bits per heavy atom. The monoisotopic (exact) mass is 372 g/mol. The van der Waals surface area contributed by atoms with Crippen LogP contribution in [0.1, 0.15) is 24.0 Å². The summed E-state index contributed by atoms with van der Waals surface area (Å²) in [6.45, 7) is 3.34. The summed E-state index contributed by atoms with van der Waals surface area (Å²) in [5.74, 6) is -0.970. The number of amidine groups is 1. The molecule has 0 unspecified atom stereocenters. The van der Waals surface area contributed by atoms with E-state index in [1.807, 2.05) is 12.1 Å². The van der Waals surface area contributed by atoms with Crippen molar-refractivity contribution >= 4 is 35.0 Å². The number of ether oxygens (including phenoxy) is 1. The normalized spacial score (nSPS) is 21.0. The van der Waals surface area contributed by atoms with Gasteiger partial charge in [0, 0.05) is 12.6 Å². The van der Waals surface area contributed by atoms with Crippen LogP contribution in [0.4, 0.5) is 0 Å². The zero-order valence-electron chi connectivity index (χ0n) is 14.5. The summed E-state index contributed by atoms with van der Waals surface area (Å²) in [7, 11) is 1.26. The molecule has 3 rings (SSSR count). The van der Waals surface area contributed by atoms with Crippen LogP contribution >= 0.6 is 11.8 Å². The standard InChI is InChI=1S/C18H20N4O3S/c1-25-16(23)10-15-17(24)20-18(26-15)21-19-11-13-4-6-14(7-5-13)12-22-8-2-3-9-22/h4-7,10-11H,2-3,8-9,12H2,1H3,(H,20,21,24)/b15-10+,19-11?. The van der Waals surface area contributed by atoms with Gasteiger partial charge in [0.15, 0.2) is 5.17 Å². The number of benzene rings is 1. The number of nitrogens with zero attached hydrogens (tertiary/aromatic N) is 3. The quantitative estimate of drug-likeness (QED) is 0.369. The number of carbonyl (C=O) groups is 2. The number of rotatable bonds is 5. The molecule has 0 aromatic heterocycles. The molecule has 0 bridgehead atoms. The molecular formula is C18H20N4O3S. The van der Waals surface area contributed by atoms with Crippen LogP contribution in [0.2, 0.25) is 0 Å². The number of nitrogens with one attached hydrogen (secondary N) is 1. The van der Waals surface area contributed by atoms with Crippen molar-refractivity contribution in [3.63, 3.8) is 0 Å². The van der Waals surface area contributed by atoms with Gasteiger partial charge in [0.1, 0.15) is 0 Å². The van der Waals surface area contributed by atoms with Gasteiger partial charge in [-0.1, -0.05) is 24.3 Å². The van der Waals surface area contributed by atoms with Crippen molar-refractivity contribution in [2.45, 2.75) is 19.4 Å². The fourth-order valence-electron chi connectivity index (χ4n) is 2.70. The Kier molecular flexibility index (Phi) is 6.19. The second kappa shape index (κ2) is 8.77. The molecule has 1 amide bonds. The number of hydrogen-bond acceptors (Lipinski definition) is 7. The number of carbonyl (C=O) groups excluding carboxylic acids is 2. The first-order valence-corrected chi connectivity index (χ1v) is 9.17. The van der Waals surface area contributed by atoms with Crippen molar-refractivity contribution < 1.29 is 14.3 Å². The van der Waals surface area contributed by atoms with Crippen LogP contribution in [0.5, 0.6) is 0 Å². The van der Waals surface area contributed by atoms with Gasteiger partial charge in [0.05, 0.1) is 18.2 Å². The maximum absolute atomic E-state index is 11.7. The first-order valence-electron chi connectivity index (χ1n) is 8.35. The number of likely N-dealkylation sites (tertiary alicyclic amines) is 1. The highest BCUT2D eigenvalue weighted by atomic mass is 32.2. The smallest absolute Gasteiger partial charge is 0.331 e. The zero-order chi connectivity index (χ0) is 18.4. The molecule has 0 spiro atoms. The van der Waals surface area contributed by atoms with Gasteiger partial charge < -0.3 is 4.74 Å². The molecule has 2 aliphatic heterocycles. The molecule has 2 fully saturated rings. The highest BCUT2D eigenvalue weighted by Crippen LogP contribution is 2.23. The third-order valence-electron chi connectivity index (χ3n) is 4.04. The molecule has 2 saturated heterocycles. The summed E-state index contributed by atoms with van der Waals surface area (Å²) in [5.41, 5.74) is 2.21. The van der Waals surface area contributed by atoms with Crippen molar-refractivity contribution in [3.05, 3.63) is 46.4 Å². The lowest BCUT2D eigenvalue weighted by Crippen LogP contribution is -2.19. The maximum Gasteiger partial charge on any atom is 0.331 e. The van der Waals surface area contributed by atoms with E-state index in [0.29, 0.717) is 5.17 Å². The molecule has 1 N–H and O–H groups in total. The Balaban J connectivity index is 1.56. The second-order valence-corrected chi connectivity index (χ2v) is 6.99. The first kappa shape index (κ1) is 18.3. The Hall–Kier alpha value is -2.45. The molecule has 2 heterocycles. The lowest BCUT2D eigenvalue weighted by Gasteiger charge is -2.14. The fourth-order valence-corrected chi connectivity index (χ4v) is 3.44. The highest BCUT2D eigenvalue weighted by molar-refractivity contribution is 8.18. The van der Waals surface area contributed by atoms with Crippen molar-refractivity contribution in [2.24, 2.45) is 10.2 Å². The molecule has 1 aromatic rings. The van der Waals surface area contributed by atoms with E-state index < -0.39 is 5.97 Å². The van der Waals surface area contributed by atoms with Gasteiger partial charge >= 0.3 is 5.97 Å². The van der Waals surface area contributed by atoms with Crippen LogP contribution in [0.3, 0.4) is 0 Å². The van der Waals surface area contributed by atoms with Gasteiger partial charge in [-0.2, -0.15) is 5.10 Å². The van der Waals surface area contributed by atoms with Crippen LogP contribution in [-0.4, -0.2) is 48.4 Å². The number of thioether (sulfide) groups is 1. The molecule has 1 aromatic carbocycles. The minimum atomic E-state index is -0.582. The molecule has 0 saturated carbocycles. The van der Waals surface area contributed by atoms with Gasteiger partial charge in [-0.05, 0) is 48.8 Å². The van der Waals surface area contributed by atoms with Crippen LogP contribution in [0.15, 0.2) is 45.4 Å². The first-order chi connectivity index (χ1) is 12.6. The summed E-state index contributed by atoms with van der Waals surface area (Å²) in [4.78, 5) is 25.6. The summed E-state index contributed by atoms with van der Waals surface area (Å²) >= 11 is 1.05. The van der Waals surface area contributed by atoms with Gasteiger partial charge in [0.2, 0.25) is 0 Å². The van der Waals surface area contributed by atoms with Gasteiger partial charge in [-0.15, -0.1) is 5.10 Å². The Bertz CT molecular complexity index is 765. The molecule has 7 nitrogen and oxygen atoms in total. The zero-order valence-corrected chi connectivity index (χ0v) is 15.3. The van der Waals surface area contributed by atoms with Gasteiger partial charge in [-0.3, -0.25) is 15.0 Å². The molecule has 136 valence electrons. The number of amides is 1. The van der Waals surface area contributed by atoms with Crippen molar-refractivity contribution in [2.75, 3.05) is 20.2 Å². The van der Waals surface area contributed by atoms with E-state index in [0.717, 1.165) is 29.9 Å². The summed E-state index contributed by atoms with van der Waals surface area (Å²) in [5, 5.41) is 10.8.